The van der Waals surface area contributed by atoms with Crippen molar-refractivity contribution in [1.29, 1.82) is 0 Å². The zero-order valence-corrected chi connectivity index (χ0v) is 11.2. The van der Waals surface area contributed by atoms with Crippen molar-refractivity contribution in [2.45, 2.75) is 25.9 Å². The highest BCUT2D eigenvalue weighted by atomic mass is 16.2. The number of nitrogens with two attached hydrogens (primary N) is 1. The third-order valence-electron chi connectivity index (χ3n) is 3.52. The lowest BCUT2D eigenvalue weighted by Crippen LogP contribution is -2.62. The molecule has 1 aliphatic rings. The molecule has 1 aromatic heterocycles. The summed E-state index contributed by atoms with van der Waals surface area (Å²) in [7, 11) is 1.85. The van der Waals surface area contributed by atoms with E-state index >= 15 is 0 Å². The summed E-state index contributed by atoms with van der Waals surface area (Å²) in [6, 6.07) is 3.89. The van der Waals surface area contributed by atoms with E-state index < -0.39 is 5.54 Å². The average molecular weight is 248 g/mol. The van der Waals surface area contributed by atoms with Gasteiger partial charge in [0.2, 0.25) is 5.91 Å². The van der Waals surface area contributed by atoms with Gasteiger partial charge in [0.25, 0.3) is 0 Å². The lowest BCUT2D eigenvalue weighted by atomic mass is 9.97. The Bertz CT molecular complexity index is 458. The second-order valence-corrected chi connectivity index (χ2v) is 5.15. The number of pyridine rings is 1. The van der Waals surface area contributed by atoms with Crippen LogP contribution in [0, 0.1) is 0 Å². The van der Waals surface area contributed by atoms with Gasteiger partial charge in [0.15, 0.2) is 0 Å². The summed E-state index contributed by atoms with van der Waals surface area (Å²) in [5.41, 5.74) is 6.93. The molecule has 1 amide bonds. The third-order valence-corrected chi connectivity index (χ3v) is 3.52. The largest absolute Gasteiger partial charge is 0.356 e. The molecular formula is C13H20N4O. The van der Waals surface area contributed by atoms with Gasteiger partial charge in [-0.15, -0.1) is 0 Å². The van der Waals surface area contributed by atoms with Gasteiger partial charge >= 0.3 is 0 Å². The zero-order chi connectivity index (χ0) is 13.3. The molecule has 1 aromatic rings. The van der Waals surface area contributed by atoms with Crippen LogP contribution in [0.25, 0.3) is 0 Å². The number of anilines is 1. The molecule has 98 valence electrons. The average Bonchev–Trinajstić information content (AvgIpc) is 2.36. The first-order valence-corrected chi connectivity index (χ1v) is 6.15. The summed E-state index contributed by atoms with van der Waals surface area (Å²) >= 11 is 0. The summed E-state index contributed by atoms with van der Waals surface area (Å²) in [5.74, 6) is 0.139. The van der Waals surface area contributed by atoms with Crippen LogP contribution in [-0.4, -0.2) is 41.5 Å². The van der Waals surface area contributed by atoms with E-state index in [2.05, 4.69) is 9.88 Å². The number of piperazine rings is 1. The Balaban J connectivity index is 2.34. The molecule has 2 rings (SSSR count). The van der Waals surface area contributed by atoms with Crippen LogP contribution in [0.1, 0.15) is 19.5 Å². The molecule has 0 aliphatic carbocycles. The fraction of sp³-hybridized carbons (Fsp3) is 0.538. The van der Waals surface area contributed by atoms with Crippen LogP contribution in [0.15, 0.2) is 18.3 Å². The molecule has 1 fully saturated rings. The van der Waals surface area contributed by atoms with Gasteiger partial charge in [0.05, 0.1) is 5.69 Å². The fourth-order valence-corrected chi connectivity index (χ4v) is 2.41. The maximum absolute atomic E-state index is 12.2. The van der Waals surface area contributed by atoms with Gasteiger partial charge in [-0.3, -0.25) is 9.78 Å². The fourth-order valence-electron chi connectivity index (χ4n) is 2.41. The Morgan fingerprint density at radius 3 is 2.83 bits per heavy atom. The summed E-state index contributed by atoms with van der Waals surface area (Å²) < 4.78 is 0. The molecule has 0 bridgehead atoms. The first kappa shape index (κ1) is 12.8. The van der Waals surface area contributed by atoms with Crippen molar-refractivity contribution in [3.63, 3.8) is 0 Å². The lowest BCUT2D eigenvalue weighted by Gasteiger charge is -2.46. The quantitative estimate of drug-likeness (QED) is 0.832. The Hall–Kier alpha value is -1.62. The second-order valence-electron chi connectivity index (χ2n) is 5.15. The number of nitrogens with zero attached hydrogens (tertiary/aromatic N) is 3. The van der Waals surface area contributed by atoms with Crippen molar-refractivity contribution in [2.75, 3.05) is 25.0 Å². The van der Waals surface area contributed by atoms with Crippen molar-refractivity contribution in [3.8, 4) is 0 Å². The SMILES string of the molecule is CN1CCN(c2ccnc(CN)c2)C(C)(C)C1=O. The van der Waals surface area contributed by atoms with Crippen LogP contribution >= 0.6 is 0 Å². The van der Waals surface area contributed by atoms with Crippen molar-refractivity contribution < 1.29 is 4.79 Å². The van der Waals surface area contributed by atoms with Crippen molar-refractivity contribution in [2.24, 2.45) is 5.73 Å². The van der Waals surface area contributed by atoms with Gasteiger partial charge in [-0.05, 0) is 26.0 Å². The first-order chi connectivity index (χ1) is 8.46. The van der Waals surface area contributed by atoms with Crippen LogP contribution < -0.4 is 10.6 Å². The Kier molecular flexibility index (Phi) is 3.26. The van der Waals surface area contributed by atoms with E-state index in [9.17, 15) is 4.79 Å². The molecule has 5 nitrogen and oxygen atoms in total. The predicted molar refractivity (Wildman–Crippen MR) is 71.2 cm³/mol. The zero-order valence-electron chi connectivity index (χ0n) is 11.2. The molecule has 0 saturated carbocycles. The second kappa shape index (κ2) is 4.57. The number of aromatic nitrogens is 1. The van der Waals surface area contributed by atoms with Crippen molar-refractivity contribution in [1.82, 2.24) is 9.88 Å². The topological polar surface area (TPSA) is 62.5 Å². The summed E-state index contributed by atoms with van der Waals surface area (Å²) in [6.45, 7) is 5.88. The van der Waals surface area contributed by atoms with E-state index in [4.69, 9.17) is 5.73 Å². The molecule has 5 heteroatoms. The minimum absolute atomic E-state index is 0.139. The van der Waals surface area contributed by atoms with E-state index in [1.807, 2.05) is 33.0 Å². The predicted octanol–water partition coefficient (Wildman–Crippen LogP) is 0.597. The maximum atomic E-state index is 12.2. The lowest BCUT2D eigenvalue weighted by molar-refractivity contribution is -0.136. The minimum Gasteiger partial charge on any atom is -0.356 e. The minimum atomic E-state index is -0.528. The van der Waals surface area contributed by atoms with Crippen molar-refractivity contribution in [3.05, 3.63) is 24.0 Å². The number of likely N-dealkylation sites (N-methyl/N-ethyl adjacent to an activating group) is 1. The summed E-state index contributed by atoms with van der Waals surface area (Å²) in [4.78, 5) is 20.3. The van der Waals surface area contributed by atoms with E-state index in [1.54, 1.807) is 11.1 Å². The first-order valence-electron chi connectivity index (χ1n) is 6.15. The third kappa shape index (κ3) is 2.06. The van der Waals surface area contributed by atoms with Gasteiger partial charge in [0, 0.05) is 38.6 Å². The Morgan fingerprint density at radius 2 is 2.17 bits per heavy atom. The Morgan fingerprint density at radius 1 is 1.44 bits per heavy atom. The molecule has 0 radical (unpaired) electrons. The summed E-state index contributed by atoms with van der Waals surface area (Å²) in [6.07, 6.45) is 1.75. The highest BCUT2D eigenvalue weighted by Gasteiger charge is 2.40. The molecular weight excluding hydrogens is 228 g/mol. The molecule has 2 heterocycles. The summed E-state index contributed by atoms with van der Waals surface area (Å²) in [5, 5.41) is 0. The van der Waals surface area contributed by atoms with Crippen LogP contribution in [0.5, 0.6) is 0 Å². The number of carbonyl (C=O) groups is 1. The van der Waals surface area contributed by atoms with E-state index in [-0.39, 0.29) is 5.91 Å². The van der Waals surface area contributed by atoms with Gasteiger partial charge in [-0.1, -0.05) is 0 Å². The molecule has 1 saturated heterocycles. The maximum Gasteiger partial charge on any atom is 0.247 e. The molecule has 2 N–H and O–H groups in total. The number of amides is 1. The molecule has 0 atom stereocenters. The number of hydrogen-bond donors (Lipinski definition) is 1. The number of carbonyl (C=O) groups excluding carboxylic acids is 1. The van der Waals surface area contributed by atoms with Gasteiger partial charge in [-0.25, -0.2) is 0 Å². The van der Waals surface area contributed by atoms with Crippen LogP contribution in [-0.2, 0) is 11.3 Å². The molecule has 0 unspecified atom stereocenters. The Labute approximate surface area is 108 Å². The molecule has 0 spiro atoms. The highest BCUT2D eigenvalue weighted by molar-refractivity contribution is 5.90. The van der Waals surface area contributed by atoms with Crippen LogP contribution in [0.2, 0.25) is 0 Å². The van der Waals surface area contributed by atoms with E-state index in [1.165, 1.54) is 0 Å². The van der Waals surface area contributed by atoms with E-state index in [0.29, 0.717) is 6.54 Å². The smallest absolute Gasteiger partial charge is 0.247 e. The number of rotatable bonds is 2. The standard InChI is InChI=1S/C13H20N4O/c1-13(2)12(18)16(3)6-7-17(13)11-4-5-15-10(8-11)9-14/h4-5,8H,6-7,9,14H2,1-3H3. The molecule has 0 aromatic carbocycles. The highest BCUT2D eigenvalue weighted by Crippen LogP contribution is 2.28. The van der Waals surface area contributed by atoms with Gasteiger partial charge in [0.1, 0.15) is 5.54 Å². The molecule has 1 aliphatic heterocycles. The van der Waals surface area contributed by atoms with Crippen LogP contribution in [0.3, 0.4) is 0 Å². The van der Waals surface area contributed by atoms with Crippen LogP contribution in [0.4, 0.5) is 5.69 Å². The normalized spacial score (nSPS) is 19.2. The van der Waals surface area contributed by atoms with Gasteiger partial charge in [-0.2, -0.15) is 0 Å². The van der Waals surface area contributed by atoms with E-state index in [0.717, 1.165) is 24.5 Å². The van der Waals surface area contributed by atoms with Gasteiger partial charge < -0.3 is 15.5 Å². The number of hydrogen-bond acceptors (Lipinski definition) is 4. The monoisotopic (exact) mass is 248 g/mol. The van der Waals surface area contributed by atoms with Crippen molar-refractivity contribution >= 4 is 11.6 Å². The molecule has 18 heavy (non-hydrogen) atoms.